The fourth-order valence-electron chi connectivity index (χ4n) is 5.74. The molecule has 1 N–H and O–H groups in total. The van der Waals surface area contributed by atoms with E-state index < -0.39 is 12.7 Å². The van der Waals surface area contributed by atoms with E-state index in [2.05, 4.69) is 5.32 Å². The van der Waals surface area contributed by atoms with Crippen LogP contribution in [0.2, 0.25) is 0 Å². The molecule has 1 aromatic heterocycles. The van der Waals surface area contributed by atoms with Gasteiger partial charge >= 0.3 is 6.61 Å². The van der Waals surface area contributed by atoms with E-state index in [0.717, 1.165) is 45.1 Å². The van der Waals surface area contributed by atoms with E-state index in [4.69, 9.17) is 19.8 Å². The molecule has 7 nitrogen and oxygen atoms in total. The molecule has 5 aromatic rings. The Morgan fingerprint density at radius 2 is 1.49 bits per heavy atom. The number of rotatable bonds is 5. The molecule has 1 unspecified atom stereocenters. The van der Waals surface area contributed by atoms with Gasteiger partial charge in [-0.1, -0.05) is 66.2 Å². The summed E-state index contributed by atoms with van der Waals surface area (Å²) < 4.78 is 34.3. The van der Waals surface area contributed by atoms with Crippen LogP contribution in [0.3, 0.4) is 0 Å². The summed E-state index contributed by atoms with van der Waals surface area (Å²) in [7, 11) is 0. The van der Waals surface area contributed by atoms with E-state index in [1.165, 1.54) is 0 Å². The van der Waals surface area contributed by atoms with Gasteiger partial charge in [-0.15, -0.1) is 0 Å². The van der Waals surface area contributed by atoms with Crippen LogP contribution in [0.4, 0.5) is 31.7 Å². The molecule has 0 amide bonds. The standard InChI is InChI=1S/C34H28F2N6O/c1-20-16-18-23(19-17-20)37-31-33-39-32-29(22(3)40-42(32)26-13-7-4-10-21(26)2)30(24-11-5-9-15-28(24)43-34(35)36)41(33)27-14-8-6-12-25(27)38-31/h4-19,30,34H,1-3H3,(H,37,38). The molecule has 2 aliphatic heterocycles. The summed E-state index contributed by atoms with van der Waals surface area (Å²) in [5, 5.41) is 8.43. The normalized spacial score (nSPS) is 15.3. The van der Waals surface area contributed by atoms with Crippen LogP contribution in [0.5, 0.6) is 5.75 Å². The van der Waals surface area contributed by atoms with Gasteiger partial charge < -0.3 is 15.0 Å². The van der Waals surface area contributed by atoms with Crippen LogP contribution in [0, 0.1) is 20.8 Å². The van der Waals surface area contributed by atoms with E-state index in [1.807, 2.05) is 115 Å². The van der Waals surface area contributed by atoms with Crippen molar-refractivity contribution in [2.24, 2.45) is 9.98 Å². The minimum absolute atomic E-state index is 0.0887. The number of benzene rings is 4. The molecule has 9 heteroatoms. The molecular weight excluding hydrogens is 546 g/mol. The maximum Gasteiger partial charge on any atom is 0.387 e. The molecule has 0 saturated heterocycles. The number of ether oxygens (including phenoxy) is 1. The fourth-order valence-corrected chi connectivity index (χ4v) is 5.74. The molecule has 0 radical (unpaired) electrons. The fraction of sp³-hybridized carbons (Fsp3) is 0.147. The minimum Gasteiger partial charge on any atom is -0.434 e. The quantitative estimate of drug-likeness (QED) is 0.230. The molecule has 0 fully saturated rings. The maximum atomic E-state index is 13.7. The molecule has 0 bridgehead atoms. The van der Waals surface area contributed by atoms with Gasteiger partial charge in [0.2, 0.25) is 0 Å². The molecule has 1 atom stereocenters. The lowest BCUT2D eigenvalue weighted by atomic mass is 9.92. The molecule has 3 heterocycles. The molecule has 0 aliphatic carbocycles. The third kappa shape index (κ3) is 4.63. The van der Waals surface area contributed by atoms with Crippen LogP contribution in [0.15, 0.2) is 107 Å². The van der Waals surface area contributed by atoms with Crippen molar-refractivity contribution in [3.63, 3.8) is 0 Å². The van der Waals surface area contributed by atoms with Crippen LogP contribution in [-0.4, -0.2) is 28.1 Å². The van der Waals surface area contributed by atoms with Gasteiger partial charge in [0.1, 0.15) is 5.75 Å². The van der Waals surface area contributed by atoms with Crippen LogP contribution < -0.4 is 15.0 Å². The largest absolute Gasteiger partial charge is 0.434 e. The highest BCUT2D eigenvalue weighted by molar-refractivity contribution is 6.51. The molecule has 2 aliphatic rings. The van der Waals surface area contributed by atoms with Crippen molar-refractivity contribution in [2.75, 3.05) is 10.2 Å². The first-order chi connectivity index (χ1) is 20.9. The van der Waals surface area contributed by atoms with Crippen molar-refractivity contribution in [2.45, 2.75) is 33.4 Å². The van der Waals surface area contributed by atoms with E-state index >= 15 is 0 Å². The number of alkyl halides is 2. The molecule has 43 heavy (non-hydrogen) atoms. The Morgan fingerprint density at radius 3 is 2.26 bits per heavy atom. The third-order valence-corrected chi connectivity index (χ3v) is 7.73. The van der Waals surface area contributed by atoms with Crippen LogP contribution in [0.25, 0.3) is 5.69 Å². The Morgan fingerprint density at radius 1 is 0.791 bits per heavy atom. The predicted octanol–water partition coefficient (Wildman–Crippen LogP) is 8.19. The highest BCUT2D eigenvalue weighted by Crippen LogP contribution is 2.50. The number of amidine groups is 2. The number of hydrogen-bond donors (Lipinski definition) is 1. The van der Waals surface area contributed by atoms with Crippen molar-refractivity contribution < 1.29 is 13.5 Å². The van der Waals surface area contributed by atoms with Crippen molar-refractivity contribution >= 4 is 34.6 Å². The summed E-state index contributed by atoms with van der Waals surface area (Å²) >= 11 is 0. The number of nitrogens with one attached hydrogen (secondary N) is 1. The number of nitrogens with zero attached hydrogens (tertiary/aromatic N) is 5. The molecular formula is C34H28F2N6O. The second-order valence-electron chi connectivity index (χ2n) is 10.6. The Bertz CT molecular complexity index is 1910. The van der Waals surface area contributed by atoms with Gasteiger partial charge in [-0.2, -0.15) is 13.9 Å². The average Bonchev–Trinajstić information content (AvgIpc) is 3.33. The summed E-state index contributed by atoms with van der Waals surface area (Å²) in [5.74, 6) is 1.76. The van der Waals surface area contributed by atoms with Gasteiger partial charge in [-0.25, -0.2) is 14.7 Å². The first kappa shape index (κ1) is 26.6. The van der Waals surface area contributed by atoms with E-state index in [1.54, 1.807) is 12.1 Å². The summed E-state index contributed by atoms with van der Waals surface area (Å²) in [6.45, 7) is 2.99. The highest BCUT2D eigenvalue weighted by Gasteiger charge is 2.42. The lowest BCUT2D eigenvalue weighted by Crippen LogP contribution is -2.46. The zero-order chi connectivity index (χ0) is 29.7. The van der Waals surface area contributed by atoms with Crippen LogP contribution in [-0.2, 0) is 0 Å². The second-order valence-corrected chi connectivity index (χ2v) is 10.6. The first-order valence-electron chi connectivity index (χ1n) is 14.0. The SMILES string of the molecule is Cc1ccc(NC2=Nc3ccccc3N3C2=Nc2c(c(C)nn2-c2ccccc2C)C3c2ccccc2OC(F)F)cc1. The molecule has 4 aromatic carbocycles. The Hall–Kier alpha value is -5.31. The molecule has 0 spiro atoms. The molecule has 0 saturated carbocycles. The van der Waals surface area contributed by atoms with Gasteiger partial charge in [-0.3, -0.25) is 0 Å². The summed E-state index contributed by atoms with van der Waals surface area (Å²) in [6.07, 6.45) is 0. The van der Waals surface area contributed by atoms with Crippen LogP contribution >= 0.6 is 0 Å². The lowest BCUT2D eigenvalue weighted by molar-refractivity contribution is -0.0505. The number of halogens is 2. The zero-order valence-electron chi connectivity index (χ0n) is 23.8. The van der Waals surface area contributed by atoms with Crippen molar-refractivity contribution in [3.05, 3.63) is 125 Å². The Labute approximate surface area is 247 Å². The van der Waals surface area contributed by atoms with Crippen molar-refractivity contribution in [3.8, 4) is 11.4 Å². The van der Waals surface area contributed by atoms with Crippen LogP contribution in [0.1, 0.15) is 34.0 Å². The maximum absolute atomic E-state index is 13.7. The average molecular weight is 575 g/mol. The Balaban J connectivity index is 1.51. The van der Waals surface area contributed by atoms with Crippen molar-refractivity contribution in [1.82, 2.24) is 9.78 Å². The predicted molar refractivity (Wildman–Crippen MR) is 166 cm³/mol. The van der Waals surface area contributed by atoms with E-state index in [-0.39, 0.29) is 5.75 Å². The van der Waals surface area contributed by atoms with Gasteiger partial charge in [-0.05, 0) is 62.7 Å². The summed E-state index contributed by atoms with van der Waals surface area (Å²) in [4.78, 5) is 12.3. The number of aliphatic imine (C=N–C) groups is 2. The smallest absolute Gasteiger partial charge is 0.387 e. The molecule has 7 rings (SSSR count). The first-order valence-corrected chi connectivity index (χ1v) is 14.0. The minimum atomic E-state index is -2.98. The monoisotopic (exact) mass is 574 g/mol. The summed E-state index contributed by atoms with van der Waals surface area (Å²) in [5.41, 5.74) is 7.48. The number of hydrogen-bond acceptors (Lipinski definition) is 6. The third-order valence-electron chi connectivity index (χ3n) is 7.73. The number of para-hydroxylation sites is 4. The number of fused-ring (bicyclic) bond motifs is 4. The number of aromatic nitrogens is 2. The van der Waals surface area contributed by atoms with E-state index in [9.17, 15) is 8.78 Å². The van der Waals surface area contributed by atoms with Crippen molar-refractivity contribution in [1.29, 1.82) is 0 Å². The number of aryl methyl sites for hydroxylation is 3. The topological polar surface area (TPSA) is 67.0 Å². The summed E-state index contributed by atoms with van der Waals surface area (Å²) in [6, 6.07) is 30.0. The van der Waals surface area contributed by atoms with E-state index in [0.29, 0.717) is 23.1 Å². The number of anilines is 2. The highest BCUT2D eigenvalue weighted by atomic mass is 19.3. The zero-order valence-corrected chi connectivity index (χ0v) is 23.8. The Kier molecular flexibility index (Phi) is 6.50. The molecule has 214 valence electrons. The van der Waals surface area contributed by atoms with Gasteiger partial charge in [0, 0.05) is 16.8 Å². The van der Waals surface area contributed by atoms with Gasteiger partial charge in [0.05, 0.1) is 28.8 Å². The van der Waals surface area contributed by atoms with Gasteiger partial charge in [0.25, 0.3) is 0 Å². The second kappa shape index (κ2) is 10.5. The lowest BCUT2D eigenvalue weighted by Gasteiger charge is -2.41. The van der Waals surface area contributed by atoms with Gasteiger partial charge in [0.15, 0.2) is 17.5 Å².